The summed E-state index contributed by atoms with van der Waals surface area (Å²) in [4.78, 5) is 12.6. The first-order chi connectivity index (χ1) is 9.70. The monoisotopic (exact) mass is 276 g/mol. The second kappa shape index (κ2) is 6.84. The highest BCUT2D eigenvalue weighted by molar-refractivity contribution is 5.59. The van der Waals surface area contributed by atoms with Crippen molar-refractivity contribution >= 4 is 11.4 Å². The minimum Gasteiger partial charge on any atom is -0.384 e. The van der Waals surface area contributed by atoms with E-state index in [9.17, 15) is 10.1 Å². The molecule has 7 nitrogen and oxygen atoms in total. The standard InChI is InChI=1S/C13H16N4O3/c14-10-11-1-2-12(9-13(11)17(18)19)15-3-4-16-5-7-20-8-6-16/h1-2,9,15H,3-8H2. The van der Waals surface area contributed by atoms with Gasteiger partial charge < -0.3 is 10.1 Å². The fraction of sp³-hybridized carbons (Fsp3) is 0.462. The number of nitriles is 1. The van der Waals surface area contributed by atoms with Crippen LogP contribution < -0.4 is 5.32 Å². The van der Waals surface area contributed by atoms with E-state index in [2.05, 4.69) is 10.2 Å². The molecule has 0 radical (unpaired) electrons. The van der Waals surface area contributed by atoms with Crippen molar-refractivity contribution in [1.29, 1.82) is 5.26 Å². The van der Waals surface area contributed by atoms with Crippen LogP contribution in [0.2, 0.25) is 0 Å². The fourth-order valence-electron chi connectivity index (χ4n) is 2.07. The Labute approximate surface area is 116 Å². The molecule has 0 aliphatic carbocycles. The molecular formula is C13H16N4O3. The van der Waals surface area contributed by atoms with Crippen LogP contribution in [0.1, 0.15) is 5.56 Å². The number of nitro groups is 1. The zero-order valence-electron chi connectivity index (χ0n) is 11.0. The molecule has 0 saturated carbocycles. The molecule has 7 heteroatoms. The Kier molecular flexibility index (Phi) is 4.87. The summed E-state index contributed by atoms with van der Waals surface area (Å²) in [5.74, 6) is 0. The van der Waals surface area contributed by atoms with Crippen LogP contribution in [0, 0.1) is 21.4 Å². The normalized spacial score (nSPS) is 15.6. The maximum Gasteiger partial charge on any atom is 0.289 e. The molecule has 1 N–H and O–H groups in total. The van der Waals surface area contributed by atoms with Gasteiger partial charge in [0, 0.05) is 37.9 Å². The van der Waals surface area contributed by atoms with Crippen LogP contribution in [0.3, 0.4) is 0 Å². The Balaban J connectivity index is 1.91. The van der Waals surface area contributed by atoms with Gasteiger partial charge in [-0.05, 0) is 12.1 Å². The first-order valence-corrected chi connectivity index (χ1v) is 6.43. The van der Waals surface area contributed by atoms with Gasteiger partial charge in [-0.2, -0.15) is 5.26 Å². The van der Waals surface area contributed by atoms with Crippen LogP contribution in [0.15, 0.2) is 18.2 Å². The van der Waals surface area contributed by atoms with Crippen molar-refractivity contribution in [2.75, 3.05) is 44.7 Å². The molecule has 106 valence electrons. The van der Waals surface area contributed by atoms with Gasteiger partial charge in [-0.3, -0.25) is 15.0 Å². The van der Waals surface area contributed by atoms with Crippen molar-refractivity contribution in [3.8, 4) is 6.07 Å². The van der Waals surface area contributed by atoms with Gasteiger partial charge >= 0.3 is 0 Å². The van der Waals surface area contributed by atoms with E-state index in [1.165, 1.54) is 12.1 Å². The average molecular weight is 276 g/mol. The minimum absolute atomic E-state index is 0.0775. The molecule has 0 amide bonds. The molecule has 1 heterocycles. The van der Waals surface area contributed by atoms with Crippen LogP contribution in [-0.2, 0) is 4.74 Å². The number of nitrogens with one attached hydrogen (secondary N) is 1. The molecule has 20 heavy (non-hydrogen) atoms. The molecule has 0 atom stereocenters. The van der Waals surface area contributed by atoms with Gasteiger partial charge in [-0.1, -0.05) is 0 Å². The Morgan fingerprint density at radius 1 is 1.45 bits per heavy atom. The van der Waals surface area contributed by atoms with Crippen molar-refractivity contribution < 1.29 is 9.66 Å². The van der Waals surface area contributed by atoms with E-state index >= 15 is 0 Å². The summed E-state index contributed by atoms with van der Waals surface area (Å²) in [6, 6.07) is 6.37. The van der Waals surface area contributed by atoms with E-state index in [0.717, 1.165) is 32.8 Å². The number of hydrogen-bond donors (Lipinski definition) is 1. The SMILES string of the molecule is N#Cc1ccc(NCCN2CCOCC2)cc1[N+](=O)[O-]. The second-order valence-corrected chi connectivity index (χ2v) is 4.48. The quantitative estimate of drug-likeness (QED) is 0.642. The average Bonchev–Trinajstić information content (AvgIpc) is 2.48. The lowest BCUT2D eigenvalue weighted by Gasteiger charge is -2.26. The predicted molar refractivity (Wildman–Crippen MR) is 73.6 cm³/mol. The molecule has 2 rings (SSSR count). The van der Waals surface area contributed by atoms with Crippen molar-refractivity contribution in [1.82, 2.24) is 4.90 Å². The van der Waals surface area contributed by atoms with Gasteiger partial charge in [0.25, 0.3) is 5.69 Å². The summed E-state index contributed by atoms with van der Waals surface area (Å²) < 4.78 is 5.26. The summed E-state index contributed by atoms with van der Waals surface area (Å²) in [5, 5.41) is 22.8. The third-order valence-corrected chi connectivity index (χ3v) is 3.18. The van der Waals surface area contributed by atoms with Crippen molar-refractivity contribution in [3.05, 3.63) is 33.9 Å². The molecule has 1 fully saturated rings. The van der Waals surface area contributed by atoms with E-state index in [0.29, 0.717) is 12.2 Å². The van der Waals surface area contributed by atoms with E-state index in [1.807, 2.05) is 6.07 Å². The topological polar surface area (TPSA) is 91.4 Å². The summed E-state index contributed by atoms with van der Waals surface area (Å²) in [6.45, 7) is 4.88. The number of ether oxygens (including phenoxy) is 1. The highest BCUT2D eigenvalue weighted by atomic mass is 16.6. The number of nitro benzene ring substituents is 1. The van der Waals surface area contributed by atoms with Gasteiger partial charge in [0.15, 0.2) is 0 Å². The number of hydrogen-bond acceptors (Lipinski definition) is 6. The third kappa shape index (κ3) is 3.66. The molecule has 1 aromatic rings. The molecule has 0 bridgehead atoms. The van der Waals surface area contributed by atoms with Gasteiger partial charge in [-0.15, -0.1) is 0 Å². The van der Waals surface area contributed by atoms with E-state index in [4.69, 9.17) is 10.00 Å². The lowest BCUT2D eigenvalue weighted by molar-refractivity contribution is -0.385. The Bertz CT molecular complexity index is 521. The number of anilines is 1. The van der Waals surface area contributed by atoms with E-state index in [1.54, 1.807) is 6.07 Å². The number of morpholine rings is 1. The van der Waals surface area contributed by atoms with Crippen molar-refractivity contribution in [3.63, 3.8) is 0 Å². The van der Waals surface area contributed by atoms with E-state index < -0.39 is 4.92 Å². The largest absolute Gasteiger partial charge is 0.384 e. The molecule has 0 spiro atoms. The van der Waals surface area contributed by atoms with Gasteiger partial charge in [0.1, 0.15) is 11.6 Å². The molecule has 1 aliphatic rings. The lowest BCUT2D eigenvalue weighted by atomic mass is 10.2. The lowest BCUT2D eigenvalue weighted by Crippen LogP contribution is -2.39. The number of nitrogens with zero attached hydrogens (tertiary/aromatic N) is 3. The first kappa shape index (κ1) is 14.2. The van der Waals surface area contributed by atoms with Crippen molar-refractivity contribution in [2.45, 2.75) is 0 Å². The van der Waals surface area contributed by atoms with Gasteiger partial charge in [-0.25, -0.2) is 0 Å². The zero-order chi connectivity index (χ0) is 14.4. The highest BCUT2D eigenvalue weighted by Crippen LogP contribution is 2.22. The van der Waals surface area contributed by atoms with Crippen molar-refractivity contribution in [2.24, 2.45) is 0 Å². The molecule has 1 saturated heterocycles. The Morgan fingerprint density at radius 3 is 2.85 bits per heavy atom. The first-order valence-electron chi connectivity index (χ1n) is 6.43. The molecular weight excluding hydrogens is 260 g/mol. The van der Waals surface area contributed by atoms with Crippen LogP contribution in [-0.4, -0.2) is 49.2 Å². The summed E-state index contributed by atoms with van der Waals surface area (Å²) in [6.07, 6.45) is 0. The predicted octanol–water partition coefficient (Wildman–Crippen LogP) is 1.21. The van der Waals surface area contributed by atoms with E-state index in [-0.39, 0.29) is 11.3 Å². The Hall–Kier alpha value is -2.17. The third-order valence-electron chi connectivity index (χ3n) is 3.18. The second-order valence-electron chi connectivity index (χ2n) is 4.48. The Morgan fingerprint density at radius 2 is 2.20 bits per heavy atom. The molecule has 1 aliphatic heterocycles. The van der Waals surface area contributed by atoms with Gasteiger partial charge in [0.2, 0.25) is 0 Å². The molecule has 0 aromatic heterocycles. The molecule has 0 unspecified atom stereocenters. The van der Waals surface area contributed by atoms with Crippen LogP contribution >= 0.6 is 0 Å². The smallest absolute Gasteiger partial charge is 0.289 e. The maximum atomic E-state index is 10.9. The summed E-state index contributed by atoms with van der Waals surface area (Å²) in [7, 11) is 0. The van der Waals surface area contributed by atoms with Crippen LogP contribution in [0.4, 0.5) is 11.4 Å². The highest BCUT2D eigenvalue weighted by Gasteiger charge is 2.14. The zero-order valence-corrected chi connectivity index (χ0v) is 11.0. The summed E-state index contributed by atoms with van der Waals surface area (Å²) in [5.41, 5.74) is 0.571. The molecule has 1 aromatic carbocycles. The van der Waals surface area contributed by atoms with Gasteiger partial charge in [0.05, 0.1) is 18.1 Å². The number of rotatable bonds is 5. The fourth-order valence-corrected chi connectivity index (χ4v) is 2.07. The number of benzene rings is 1. The maximum absolute atomic E-state index is 10.9. The van der Waals surface area contributed by atoms with Crippen LogP contribution in [0.25, 0.3) is 0 Å². The minimum atomic E-state index is -0.536. The summed E-state index contributed by atoms with van der Waals surface area (Å²) >= 11 is 0. The van der Waals surface area contributed by atoms with Crippen LogP contribution in [0.5, 0.6) is 0 Å².